The van der Waals surface area contributed by atoms with Gasteiger partial charge < -0.3 is 15.2 Å². The molecular weight excluding hydrogens is 566 g/mol. The van der Waals surface area contributed by atoms with Crippen molar-refractivity contribution in [3.8, 4) is 11.5 Å². The Morgan fingerprint density at radius 2 is 1.74 bits per heavy atom. The summed E-state index contributed by atoms with van der Waals surface area (Å²) in [4.78, 5) is 53.2. The van der Waals surface area contributed by atoms with Gasteiger partial charge in [0.15, 0.2) is 4.80 Å². The number of nitrogens with zero attached hydrogens (tertiary/aromatic N) is 4. The molecule has 42 heavy (non-hydrogen) atoms. The maximum Gasteiger partial charge on any atom is 0.318 e. The number of aromatic hydroxyl groups is 1. The Balaban J connectivity index is 1.71. The summed E-state index contributed by atoms with van der Waals surface area (Å²) in [6.07, 6.45) is 1.25. The highest BCUT2D eigenvalue weighted by molar-refractivity contribution is 7.07. The number of allylic oxidation sites excluding steroid dienone is 1. The predicted molar refractivity (Wildman–Crippen MR) is 153 cm³/mol. The second-order valence-corrected chi connectivity index (χ2v) is 10.1. The lowest BCUT2D eigenvalue weighted by Crippen LogP contribution is -2.40. The van der Waals surface area contributed by atoms with Gasteiger partial charge in [-0.15, -0.1) is 0 Å². The summed E-state index contributed by atoms with van der Waals surface area (Å²) < 4.78 is 6.76. The average Bonchev–Trinajstić information content (AvgIpc) is 3.27. The Labute approximate surface area is 240 Å². The Morgan fingerprint density at radius 1 is 1.07 bits per heavy atom. The van der Waals surface area contributed by atoms with Crippen molar-refractivity contribution in [3.63, 3.8) is 0 Å². The maximum atomic E-state index is 13.9. The highest BCUT2D eigenvalue weighted by atomic mass is 32.1. The molecule has 1 aromatic heterocycles. The molecule has 0 fully saturated rings. The monoisotopic (exact) mass is 587 g/mol. The molecular formula is C28H21N5O8S. The van der Waals surface area contributed by atoms with Gasteiger partial charge in [-0.2, -0.15) is 0 Å². The predicted octanol–water partition coefficient (Wildman–Crippen LogP) is 3.40. The van der Waals surface area contributed by atoms with E-state index in [1.807, 2.05) is 6.07 Å². The molecule has 1 aliphatic rings. The molecule has 14 heteroatoms. The number of anilines is 1. The first-order valence-corrected chi connectivity index (χ1v) is 13.1. The first-order chi connectivity index (χ1) is 20.1. The quantitative estimate of drug-likeness (QED) is 0.244. The number of amides is 1. The number of hydrogen-bond acceptors (Lipinski definition) is 10. The van der Waals surface area contributed by atoms with Gasteiger partial charge in [-0.05, 0) is 48.4 Å². The lowest BCUT2D eigenvalue weighted by atomic mass is 9.95. The zero-order chi connectivity index (χ0) is 30.1. The minimum atomic E-state index is -1.09. The van der Waals surface area contributed by atoms with Gasteiger partial charge >= 0.3 is 11.4 Å². The summed E-state index contributed by atoms with van der Waals surface area (Å²) in [5.41, 5.74) is -0.719. The second kappa shape index (κ2) is 11.1. The van der Waals surface area contributed by atoms with Crippen LogP contribution in [0.3, 0.4) is 0 Å². The average molecular weight is 588 g/mol. The fraction of sp³-hybridized carbons (Fsp3) is 0.107. The third-order valence-corrected chi connectivity index (χ3v) is 7.47. The molecule has 3 aromatic carbocycles. The molecule has 0 radical (unpaired) electrons. The SMILES string of the molecule is COc1cccc([C@H]2C(C(=O)Nc3ccccc3)=C(C)N=c3s/c(=C\c4cc([N+](=O)[O-])c(O)c([N+](=O)[O-])c4)c(=O)n32)c1. The number of phenols is 1. The van der Waals surface area contributed by atoms with Crippen molar-refractivity contribution in [1.82, 2.24) is 4.57 Å². The zero-order valence-electron chi connectivity index (χ0n) is 22.0. The van der Waals surface area contributed by atoms with E-state index in [4.69, 9.17) is 4.74 Å². The zero-order valence-corrected chi connectivity index (χ0v) is 22.8. The number of carbonyl (C=O) groups is 1. The molecule has 0 unspecified atom stereocenters. The third kappa shape index (κ3) is 5.13. The topological polar surface area (TPSA) is 179 Å². The summed E-state index contributed by atoms with van der Waals surface area (Å²) in [7, 11) is 1.49. The van der Waals surface area contributed by atoms with Gasteiger partial charge in [0.25, 0.3) is 17.2 Å². The Kier molecular flexibility index (Phi) is 7.37. The van der Waals surface area contributed by atoms with Crippen LogP contribution in [0, 0.1) is 20.2 Å². The number of nitro groups is 2. The van der Waals surface area contributed by atoms with Crippen LogP contribution in [0.15, 0.2) is 87.8 Å². The standard InChI is InChI=1S/C28H21N5O8S/c1-15-23(26(35)30-18-8-4-3-5-9-18)24(17-7-6-10-19(14-17)41-2)31-27(36)22(42-28(31)29-15)13-16-11-20(32(37)38)25(34)21(12-16)33(39)40/h3-14,24,34H,1-2H3,(H,30,35)/b22-13-/t24-/m0/s1. The molecule has 0 saturated carbocycles. The van der Waals surface area contributed by atoms with Gasteiger partial charge in [0.2, 0.25) is 0 Å². The van der Waals surface area contributed by atoms with Crippen molar-refractivity contribution < 1.29 is 24.5 Å². The van der Waals surface area contributed by atoms with Gasteiger partial charge in [-0.1, -0.05) is 41.7 Å². The molecule has 1 aliphatic heterocycles. The van der Waals surface area contributed by atoms with E-state index in [0.717, 1.165) is 23.5 Å². The molecule has 0 bridgehead atoms. The lowest BCUT2D eigenvalue weighted by Gasteiger charge is -2.25. The maximum absolute atomic E-state index is 13.9. The van der Waals surface area contributed by atoms with Crippen molar-refractivity contribution in [2.24, 2.45) is 4.99 Å². The van der Waals surface area contributed by atoms with Gasteiger partial charge in [0.05, 0.1) is 38.8 Å². The molecule has 0 aliphatic carbocycles. The van der Waals surface area contributed by atoms with Crippen molar-refractivity contribution in [2.45, 2.75) is 13.0 Å². The van der Waals surface area contributed by atoms with E-state index in [9.17, 15) is 34.9 Å². The normalized spacial score (nSPS) is 14.6. The van der Waals surface area contributed by atoms with Crippen molar-refractivity contribution in [3.05, 3.63) is 129 Å². The van der Waals surface area contributed by atoms with Crippen LogP contribution in [-0.4, -0.2) is 32.5 Å². The number of benzene rings is 3. The number of fused-ring (bicyclic) bond motifs is 1. The first-order valence-electron chi connectivity index (χ1n) is 12.3. The number of phenolic OH excluding ortho intramolecular Hbond substituents is 1. The summed E-state index contributed by atoms with van der Waals surface area (Å²) in [6, 6.07) is 16.6. The van der Waals surface area contributed by atoms with E-state index in [1.54, 1.807) is 55.5 Å². The van der Waals surface area contributed by atoms with Crippen molar-refractivity contribution in [2.75, 3.05) is 12.4 Å². The van der Waals surface area contributed by atoms with E-state index >= 15 is 0 Å². The largest absolute Gasteiger partial charge is 0.497 e. The smallest absolute Gasteiger partial charge is 0.318 e. The molecule has 4 aromatic rings. The number of nitrogens with one attached hydrogen (secondary N) is 1. The van der Waals surface area contributed by atoms with Gasteiger partial charge in [0, 0.05) is 17.8 Å². The molecule has 2 heterocycles. The van der Waals surface area contributed by atoms with Crippen molar-refractivity contribution >= 4 is 40.4 Å². The number of thiazole rings is 1. The minimum absolute atomic E-state index is 0.0489. The lowest BCUT2D eigenvalue weighted by molar-refractivity contribution is -0.396. The summed E-state index contributed by atoms with van der Waals surface area (Å²) in [5, 5.41) is 35.7. The van der Waals surface area contributed by atoms with Crippen LogP contribution in [0.5, 0.6) is 11.5 Å². The number of nitro benzene ring substituents is 2. The molecule has 2 N–H and O–H groups in total. The fourth-order valence-corrected chi connectivity index (χ4v) is 5.64. The van der Waals surface area contributed by atoms with Crippen LogP contribution in [0.2, 0.25) is 0 Å². The number of ether oxygens (including phenoxy) is 1. The van der Waals surface area contributed by atoms with Crippen LogP contribution in [-0.2, 0) is 4.79 Å². The van der Waals surface area contributed by atoms with E-state index in [-0.39, 0.29) is 20.5 Å². The first kappa shape index (κ1) is 27.9. The molecule has 5 rings (SSSR count). The van der Waals surface area contributed by atoms with Crippen LogP contribution in [0.1, 0.15) is 24.1 Å². The molecule has 1 atom stereocenters. The van der Waals surface area contributed by atoms with Gasteiger partial charge in [0.1, 0.15) is 5.75 Å². The Bertz CT molecular complexity index is 1950. The third-order valence-electron chi connectivity index (χ3n) is 6.49. The minimum Gasteiger partial charge on any atom is -0.497 e. The van der Waals surface area contributed by atoms with E-state index < -0.39 is 44.5 Å². The number of rotatable bonds is 7. The van der Waals surface area contributed by atoms with E-state index in [0.29, 0.717) is 22.7 Å². The number of methoxy groups -OCH3 is 1. The van der Waals surface area contributed by atoms with E-state index in [2.05, 4.69) is 10.3 Å². The summed E-state index contributed by atoms with van der Waals surface area (Å²) in [6.45, 7) is 1.65. The molecule has 1 amide bonds. The number of hydrogen-bond donors (Lipinski definition) is 2. The van der Waals surface area contributed by atoms with Gasteiger partial charge in [-0.3, -0.25) is 34.4 Å². The Morgan fingerprint density at radius 3 is 2.36 bits per heavy atom. The van der Waals surface area contributed by atoms with Crippen LogP contribution in [0.4, 0.5) is 17.1 Å². The van der Waals surface area contributed by atoms with Gasteiger partial charge in [-0.25, -0.2) is 4.99 Å². The molecule has 0 saturated heterocycles. The molecule has 0 spiro atoms. The van der Waals surface area contributed by atoms with Crippen LogP contribution < -0.4 is 24.9 Å². The molecule has 212 valence electrons. The summed E-state index contributed by atoms with van der Waals surface area (Å²) >= 11 is 0.948. The number of aromatic nitrogens is 1. The van der Waals surface area contributed by atoms with Crippen molar-refractivity contribution in [1.29, 1.82) is 0 Å². The highest BCUT2D eigenvalue weighted by Gasteiger charge is 2.33. The molecule has 13 nitrogen and oxygen atoms in total. The number of carbonyl (C=O) groups excluding carboxylic acids is 1. The van der Waals surface area contributed by atoms with Crippen LogP contribution >= 0.6 is 11.3 Å². The number of para-hydroxylation sites is 1. The van der Waals surface area contributed by atoms with E-state index in [1.165, 1.54) is 17.8 Å². The highest BCUT2D eigenvalue weighted by Crippen LogP contribution is 2.37. The Hall–Kier alpha value is -5.63. The van der Waals surface area contributed by atoms with Crippen LogP contribution in [0.25, 0.3) is 6.08 Å². The summed E-state index contributed by atoms with van der Waals surface area (Å²) in [5.74, 6) is -1.07. The fourth-order valence-electron chi connectivity index (χ4n) is 4.60. The second-order valence-electron chi connectivity index (χ2n) is 9.10.